The number of carbonyl (C=O) groups is 1. The molecule has 1 N–H and O–H groups in total. The van der Waals surface area contributed by atoms with Crippen LogP contribution in [0, 0.1) is 13.0 Å². The number of alkyl halides is 3. The van der Waals surface area contributed by atoms with Crippen molar-refractivity contribution in [2.45, 2.75) is 111 Å². The molecule has 4 heterocycles. The molecule has 15 heteroatoms. The molecule has 0 aliphatic rings. The summed E-state index contributed by atoms with van der Waals surface area (Å²) in [6.07, 6.45) is 1.21. The van der Waals surface area contributed by atoms with Gasteiger partial charge in [0.05, 0.1) is 30.4 Å². The average Bonchev–Trinajstić information content (AvgIpc) is 1.41. The number of hydrogen-bond acceptors (Lipinski definition) is 6. The molecule has 0 saturated heterocycles. The Kier molecular flexibility index (Phi) is 31.5. The Morgan fingerprint density at radius 1 is 0.546 bits per heavy atom. The standard InChI is InChI=1S/C21H22F3N3.C21H24N3.C19H17P.C19H16P.C2H4O2.Na.Pt/c1-12(2)15-6-5-7-16(13(3)4)20(15)14-8-9-25-17(10-14)18-11-19(27-26-18)21(22,23)24;1-13(2)17-7-6-8-18(14(3)4)21(17)16-9-10-22-19(12-16)20-11-15(5)23-24-20;2*1-4-10-17(11-5-1)16-20(18-12-6-2-7-13-18)19-14-8-3-9-15-19;1-2(3)4;;/h5-13H,1-4H3,(H,26,27);6-14H,1-5H3;1-15H,16H2;1-10,12-15H,16H2;1H3,(H,3,4);;/q;-1;;-1;;+1;+2. The fourth-order valence-electron chi connectivity index (χ4n) is 11.0. The van der Waals surface area contributed by atoms with Crippen LogP contribution in [0.5, 0.6) is 0 Å². The minimum atomic E-state index is -4.46. The number of aryl methyl sites for hydroxylation is 1. The molecule has 0 bridgehead atoms. The van der Waals surface area contributed by atoms with E-state index in [0.29, 0.717) is 29.4 Å². The summed E-state index contributed by atoms with van der Waals surface area (Å²) in [4.78, 5) is 17.6. The molecule has 12 aromatic rings. The number of nitrogens with zero attached hydrogens (tertiary/aromatic N) is 5. The van der Waals surface area contributed by atoms with Gasteiger partial charge in [0.15, 0.2) is 0 Å². The van der Waals surface area contributed by atoms with Gasteiger partial charge in [-0.05, 0) is 161 Å². The van der Waals surface area contributed by atoms with Gasteiger partial charge in [0, 0.05) is 35.9 Å². The molecule has 0 spiro atoms. The predicted molar refractivity (Wildman–Crippen MR) is 389 cm³/mol. The number of pyridine rings is 2. The Morgan fingerprint density at radius 3 is 1.35 bits per heavy atom. The van der Waals surface area contributed by atoms with Crippen LogP contribution in [0.15, 0.2) is 261 Å². The van der Waals surface area contributed by atoms with Crippen LogP contribution in [0.3, 0.4) is 0 Å². The largest absolute Gasteiger partial charge is 2.00 e. The van der Waals surface area contributed by atoms with Gasteiger partial charge < -0.3 is 20.1 Å². The van der Waals surface area contributed by atoms with Crippen LogP contribution < -0.4 is 61.0 Å². The molecule has 0 fully saturated rings. The number of carbonyl (C=O) groups excluding carboxylic acids is 1. The smallest absolute Gasteiger partial charge is 0.574 e. The molecule has 494 valence electrons. The van der Waals surface area contributed by atoms with Gasteiger partial charge in [-0.3, -0.25) is 15.1 Å². The number of hydrogen-bond donors (Lipinski definition) is 1. The molecule has 12 rings (SSSR count). The third-order valence-corrected chi connectivity index (χ3v) is 20.9. The molecule has 0 amide bonds. The Hall–Kier alpha value is -7.71. The van der Waals surface area contributed by atoms with Gasteiger partial charge in [-0.25, -0.2) is 0 Å². The van der Waals surface area contributed by atoms with E-state index in [9.17, 15) is 13.2 Å². The van der Waals surface area contributed by atoms with Gasteiger partial charge >= 0.3 is 56.8 Å². The van der Waals surface area contributed by atoms with Crippen LogP contribution >= 0.6 is 15.8 Å². The van der Waals surface area contributed by atoms with E-state index < -0.39 is 25.8 Å². The van der Waals surface area contributed by atoms with Gasteiger partial charge in [0.2, 0.25) is 0 Å². The maximum atomic E-state index is 12.9. The minimum Gasteiger partial charge on any atom is -0.574 e. The fraction of sp³-hybridized carbons (Fsp3) is 0.207. The second-order valence-corrected chi connectivity index (χ2v) is 28.8. The number of halogens is 3. The van der Waals surface area contributed by atoms with Crippen molar-refractivity contribution in [3.05, 3.63) is 312 Å². The summed E-state index contributed by atoms with van der Waals surface area (Å²) in [6, 6.07) is 89.7. The first kappa shape index (κ1) is 78.3. The predicted octanol–water partition coefficient (Wildman–Crippen LogP) is 15.7. The van der Waals surface area contributed by atoms with Crippen molar-refractivity contribution in [1.29, 1.82) is 0 Å². The summed E-state index contributed by atoms with van der Waals surface area (Å²) >= 11 is 0. The van der Waals surface area contributed by atoms with Gasteiger partial charge in [0.1, 0.15) is 11.4 Å². The van der Waals surface area contributed by atoms with E-state index in [1.54, 1.807) is 6.20 Å². The van der Waals surface area contributed by atoms with Crippen molar-refractivity contribution in [2.75, 3.05) is 0 Å². The van der Waals surface area contributed by atoms with Crippen LogP contribution in [0.2, 0.25) is 0 Å². The second-order valence-electron chi connectivity index (χ2n) is 24.1. The van der Waals surface area contributed by atoms with Gasteiger partial charge in [-0.15, -0.1) is 5.56 Å². The molecule has 0 aliphatic carbocycles. The van der Waals surface area contributed by atoms with E-state index in [2.05, 4.69) is 299 Å². The van der Waals surface area contributed by atoms with Crippen molar-refractivity contribution >= 4 is 43.0 Å². The Morgan fingerprint density at radius 2 is 0.959 bits per heavy atom. The SMILES string of the molecule is CC(=O)[O-].CC(C)c1cccc(C(C)C)c1-c1ccnc(-c2cc(C(F)(F)F)[nH]n2)c1.Cc1cc(-c2cc(-c3c(C(C)C)cccc3C(C)C)ccn2)[n-]n1.[Na+].[Pt+2].[c-]1ccccc1C[PH+](c1ccccc1)c1ccccc1.c1ccc(CP(c2ccccc2)c2ccccc2)cc1. The summed E-state index contributed by atoms with van der Waals surface area (Å²) in [5.74, 6) is 0.489. The zero-order valence-electron chi connectivity index (χ0n) is 57.0. The average molecular weight is 1520 g/mol. The Bertz CT molecular complexity index is 4020. The summed E-state index contributed by atoms with van der Waals surface area (Å²) in [5, 5.41) is 28.9. The molecular weight excluding hydrogens is 1440 g/mol. The monoisotopic (exact) mass is 1520 g/mol. The molecule has 8 nitrogen and oxygen atoms in total. The van der Waals surface area contributed by atoms with E-state index in [0.717, 1.165) is 53.5 Å². The van der Waals surface area contributed by atoms with Crippen LogP contribution in [0.25, 0.3) is 45.0 Å². The first-order valence-corrected chi connectivity index (χ1v) is 35.3. The zero-order chi connectivity index (χ0) is 67.9. The van der Waals surface area contributed by atoms with E-state index in [4.69, 9.17) is 9.90 Å². The molecular formula is C82H83F3N6NaO2P2Pt+. The third kappa shape index (κ3) is 23.2. The van der Waals surface area contributed by atoms with E-state index in [-0.39, 0.29) is 64.2 Å². The number of nitrogens with one attached hydrogen (secondary N) is 1. The molecule has 8 aromatic carbocycles. The number of H-pyrrole nitrogens is 1. The maximum absolute atomic E-state index is 12.9. The van der Waals surface area contributed by atoms with Crippen LogP contribution in [-0.4, -0.2) is 31.2 Å². The van der Waals surface area contributed by atoms with Crippen molar-refractivity contribution < 1.29 is 73.7 Å². The van der Waals surface area contributed by atoms with E-state index >= 15 is 0 Å². The van der Waals surface area contributed by atoms with Crippen molar-refractivity contribution in [3.63, 3.8) is 0 Å². The fourth-order valence-corrected chi connectivity index (χ4v) is 15.9. The summed E-state index contributed by atoms with van der Waals surface area (Å²) in [6.45, 7) is 20.4. The molecule has 0 atom stereocenters. The third-order valence-electron chi connectivity index (χ3n) is 15.6. The number of carboxylic acid groups (broad SMARTS) is 1. The van der Waals surface area contributed by atoms with Crippen LogP contribution in [0.1, 0.15) is 131 Å². The topological polar surface area (TPSA) is 122 Å². The Labute approximate surface area is 610 Å². The van der Waals surface area contributed by atoms with Gasteiger partial charge in [-0.2, -0.15) is 48.6 Å². The number of rotatable bonds is 16. The van der Waals surface area contributed by atoms with Crippen molar-refractivity contribution in [2.24, 2.45) is 0 Å². The Balaban J connectivity index is 0.000000200. The van der Waals surface area contributed by atoms with Crippen molar-refractivity contribution in [1.82, 2.24) is 30.4 Å². The zero-order valence-corrected chi connectivity index (χ0v) is 63.2. The first-order chi connectivity index (χ1) is 45.7. The van der Waals surface area contributed by atoms with Crippen LogP contribution in [0.4, 0.5) is 13.2 Å². The quantitative estimate of drug-likeness (QED) is 0.0581. The molecule has 4 aromatic heterocycles. The number of carboxylic acids is 1. The molecule has 0 aliphatic heterocycles. The number of aromatic nitrogens is 6. The minimum absolute atomic E-state index is 0. The van der Waals surface area contributed by atoms with Gasteiger partial charge in [-0.1, -0.05) is 231 Å². The number of benzene rings is 8. The normalized spacial score (nSPS) is 10.9. The first-order valence-electron chi connectivity index (χ1n) is 32.1. The number of aliphatic carboxylic acids is 1. The number of aromatic amines is 1. The molecule has 0 saturated carbocycles. The van der Waals surface area contributed by atoms with Gasteiger partial charge in [0.25, 0.3) is 0 Å². The molecule has 97 heavy (non-hydrogen) atoms. The van der Waals surface area contributed by atoms with E-state index in [1.807, 2.05) is 48.6 Å². The van der Waals surface area contributed by atoms with Crippen LogP contribution in [-0.2, 0) is 44.4 Å². The summed E-state index contributed by atoms with van der Waals surface area (Å²) in [5.41, 5.74) is 14.8. The van der Waals surface area contributed by atoms with Crippen molar-refractivity contribution in [3.8, 4) is 45.0 Å². The second kappa shape index (κ2) is 39.0. The molecule has 0 unspecified atom stereocenters. The molecule has 0 radical (unpaired) electrons. The summed E-state index contributed by atoms with van der Waals surface area (Å²) < 4.78 is 38.6. The summed E-state index contributed by atoms with van der Waals surface area (Å²) in [7, 11) is -1.11. The van der Waals surface area contributed by atoms with E-state index in [1.165, 1.54) is 65.7 Å². The maximum Gasteiger partial charge on any atom is 2.00 e.